The maximum Gasteiger partial charge on any atom is 0.258 e. The highest BCUT2D eigenvalue weighted by atomic mass is 16.5. The van der Waals surface area contributed by atoms with E-state index in [0.29, 0.717) is 22.8 Å². The summed E-state index contributed by atoms with van der Waals surface area (Å²) in [5.74, 6) is 2.17. The van der Waals surface area contributed by atoms with Gasteiger partial charge in [-0.15, -0.1) is 0 Å². The first-order valence-corrected chi connectivity index (χ1v) is 8.95. The van der Waals surface area contributed by atoms with Gasteiger partial charge in [0.2, 0.25) is 0 Å². The SMILES string of the molecule is Cc1cc(NC(=O)c2cncc(Nc3ccc(Oc4ccccc4)cc3)c2)no1. The molecule has 29 heavy (non-hydrogen) atoms. The van der Waals surface area contributed by atoms with Crippen molar-refractivity contribution in [2.45, 2.75) is 6.92 Å². The van der Waals surface area contributed by atoms with Crippen LogP contribution in [0.5, 0.6) is 11.5 Å². The first-order valence-electron chi connectivity index (χ1n) is 8.95. The van der Waals surface area contributed by atoms with Crippen molar-refractivity contribution in [1.29, 1.82) is 0 Å². The predicted octanol–water partition coefficient (Wildman–Crippen LogP) is 5.17. The number of carbonyl (C=O) groups excluding carboxylic acids is 1. The summed E-state index contributed by atoms with van der Waals surface area (Å²) in [7, 11) is 0. The lowest BCUT2D eigenvalue weighted by atomic mass is 10.2. The number of nitrogens with one attached hydrogen (secondary N) is 2. The minimum absolute atomic E-state index is 0.318. The number of carbonyl (C=O) groups is 1. The van der Waals surface area contributed by atoms with Crippen LogP contribution in [0.3, 0.4) is 0 Å². The zero-order chi connectivity index (χ0) is 20.1. The molecule has 2 aromatic heterocycles. The van der Waals surface area contributed by atoms with Crippen molar-refractivity contribution < 1.29 is 14.1 Å². The molecule has 0 saturated heterocycles. The highest BCUT2D eigenvalue weighted by molar-refractivity contribution is 6.04. The summed E-state index contributed by atoms with van der Waals surface area (Å²) < 4.78 is 10.7. The standard InChI is InChI=1S/C22H18N4O3/c1-15-11-21(26-29-15)25-22(27)16-12-18(14-23-13-16)24-17-7-9-20(10-8-17)28-19-5-3-2-4-6-19/h2-14,24H,1H3,(H,25,26,27). The van der Waals surface area contributed by atoms with Crippen molar-refractivity contribution in [2.24, 2.45) is 0 Å². The van der Waals surface area contributed by atoms with Crippen molar-refractivity contribution in [1.82, 2.24) is 10.1 Å². The lowest BCUT2D eigenvalue weighted by molar-refractivity contribution is 0.102. The summed E-state index contributed by atoms with van der Waals surface area (Å²) in [6, 6.07) is 20.5. The Morgan fingerprint density at radius 3 is 2.41 bits per heavy atom. The van der Waals surface area contributed by atoms with Gasteiger partial charge < -0.3 is 19.9 Å². The van der Waals surface area contributed by atoms with E-state index in [0.717, 1.165) is 17.2 Å². The normalized spacial score (nSPS) is 10.4. The zero-order valence-electron chi connectivity index (χ0n) is 15.6. The number of anilines is 3. The van der Waals surface area contributed by atoms with Crippen molar-refractivity contribution in [2.75, 3.05) is 10.6 Å². The van der Waals surface area contributed by atoms with Gasteiger partial charge in [-0.25, -0.2) is 0 Å². The molecule has 2 heterocycles. The van der Waals surface area contributed by atoms with E-state index < -0.39 is 0 Å². The second-order valence-electron chi connectivity index (χ2n) is 6.30. The molecule has 2 aromatic carbocycles. The van der Waals surface area contributed by atoms with E-state index in [-0.39, 0.29) is 5.91 Å². The largest absolute Gasteiger partial charge is 0.457 e. The fraction of sp³-hybridized carbons (Fsp3) is 0.0455. The molecule has 0 radical (unpaired) electrons. The Hall–Kier alpha value is -4.13. The molecule has 0 aliphatic rings. The highest BCUT2D eigenvalue weighted by Crippen LogP contribution is 2.24. The van der Waals surface area contributed by atoms with E-state index in [4.69, 9.17) is 9.26 Å². The third kappa shape index (κ3) is 4.78. The summed E-state index contributed by atoms with van der Waals surface area (Å²) in [4.78, 5) is 16.5. The van der Waals surface area contributed by atoms with Crippen LogP contribution in [-0.4, -0.2) is 16.0 Å². The second kappa shape index (κ2) is 8.26. The van der Waals surface area contributed by atoms with E-state index in [1.807, 2.05) is 54.6 Å². The van der Waals surface area contributed by atoms with Crippen molar-refractivity contribution in [3.8, 4) is 11.5 Å². The van der Waals surface area contributed by atoms with Gasteiger partial charge in [-0.1, -0.05) is 23.4 Å². The Kier molecular flexibility index (Phi) is 5.20. The summed E-state index contributed by atoms with van der Waals surface area (Å²) in [6.07, 6.45) is 3.13. The van der Waals surface area contributed by atoms with Crippen LogP contribution in [-0.2, 0) is 0 Å². The first-order chi connectivity index (χ1) is 14.2. The van der Waals surface area contributed by atoms with E-state index in [1.165, 1.54) is 6.20 Å². The van der Waals surface area contributed by atoms with Gasteiger partial charge in [0, 0.05) is 18.0 Å². The smallest absolute Gasteiger partial charge is 0.258 e. The molecule has 0 fully saturated rings. The van der Waals surface area contributed by atoms with E-state index in [2.05, 4.69) is 20.8 Å². The average Bonchev–Trinajstić information content (AvgIpc) is 3.15. The van der Waals surface area contributed by atoms with Crippen LogP contribution in [0.2, 0.25) is 0 Å². The van der Waals surface area contributed by atoms with Crippen LogP contribution >= 0.6 is 0 Å². The maximum atomic E-state index is 12.4. The minimum Gasteiger partial charge on any atom is -0.457 e. The third-order valence-electron chi connectivity index (χ3n) is 3.99. The Morgan fingerprint density at radius 2 is 1.69 bits per heavy atom. The van der Waals surface area contributed by atoms with Gasteiger partial charge >= 0.3 is 0 Å². The number of benzene rings is 2. The number of pyridine rings is 1. The molecule has 1 amide bonds. The molecule has 0 aliphatic heterocycles. The molecule has 4 rings (SSSR count). The average molecular weight is 386 g/mol. The number of rotatable bonds is 6. The Morgan fingerprint density at radius 1 is 0.931 bits per heavy atom. The lowest BCUT2D eigenvalue weighted by Crippen LogP contribution is -2.12. The van der Waals surface area contributed by atoms with Crippen LogP contribution in [0, 0.1) is 6.92 Å². The molecule has 7 nitrogen and oxygen atoms in total. The molecule has 144 valence electrons. The molecule has 0 aliphatic carbocycles. The highest BCUT2D eigenvalue weighted by Gasteiger charge is 2.10. The second-order valence-corrected chi connectivity index (χ2v) is 6.30. The first kappa shape index (κ1) is 18.2. The Balaban J connectivity index is 1.41. The number of hydrogen-bond donors (Lipinski definition) is 2. The molecule has 0 unspecified atom stereocenters. The number of amides is 1. The topological polar surface area (TPSA) is 89.3 Å². The van der Waals surface area contributed by atoms with Crippen LogP contribution < -0.4 is 15.4 Å². The van der Waals surface area contributed by atoms with Crippen molar-refractivity contribution >= 4 is 23.1 Å². The lowest BCUT2D eigenvalue weighted by Gasteiger charge is -2.09. The van der Waals surface area contributed by atoms with Crippen LogP contribution in [0.1, 0.15) is 16.1 Å². The molecule has 7 heteroatoms. The number of para-hydroxylation sites is 1. The Labute approximate surface area is 167 Å². The summed E-state index contributed by atoms with van der Waals surface area (Å²) in [5, 5.41) is 9.65. The summed E-state index contributed by atoms with van der Waals surface area (Å²) in [5.41, 5.74) is 1.93. The van der Waals surface area contributed by atoms with Crippen LogP contribution in [0.25, 0.3) is 0 Å². The van der Waals surface area contributed by atoms with Gasteiger partial charge in [-0.05, 0) is 49.4 Å². The number of ether oxygens (including phenoxy) is 1. The van der Waals surface area contributed by atoms with E-state index >= 15 is 0 Å². The fourth-order valence-corrected chi connectivity index (χ4v) is 2.64. The monoisotopic (exact) mass is 386 g/mol. The van der Waals surface area contributed by atoms with Crippen LogP contribution in [0.15, 0.2) is 83.6 Å². The van der Waals surface area contributed by atoms with Gasteiger partial charge in [0.15, 0.2) is 5.82 Å². The molecular formula is C22H18N4O3. The van der Waals surface area contributed by atoms with Gasteiger partial charge in [-0.2, -0.15) is 0 Å². The van der Waals surface area contributed by atoms with Gasteiger partial charge in [-0.3, -0.25) is 9.78 Å². The molecule has 0 bridgehead atoms. The molecule has 4 aromatic rings. The predicted molar refractivity (Wildman–Crippen MR) is 110 cm³/mol. The van der Waals surface area contributed by atoms with Crippen molar-refractivity contribution in [3.05, 3.63) is 90.4 Å². The number of hydrogen-bond acceptors (Lipinski definition) is 6. The minimum atomic E-state index is -0.318. The van der Waals surface area contributed by atoms with Gasteiger partial charge in [0.25, 0.3) is 5.91 Å². The van der Waals surface area contributed by atoms with E-state index in [9.17, 15) is 4.79 Å². The molecule has 0 saturated carbocycles. The maximum absolute atomic E-state index is 12.4. The number of aromatic nitrogens is 2. The fourth-order valence-electron chi connectivity index (χ4n) is 2.64. The van der Waals surface area contributed by atoms with E-state index in [1.54, 1.807) is 25.3 Å². The van der Waals surface area contributed by atoms with Crippen LogP contribution in [0.4, 0.5) is 17.2 Å². The number of aryl methyl sites for hydroxylation is 1. The number of nitrogens with zero attached hydrogens (tertiary/aromatic N) is 2. The molecular weight excluding hydrogens is 368 g/mol. The third-order valence-corrected chi connectivity index (χ3v) is 3.99. The summed E-state index contributed by atoms with van der Waals surface area (Å²) in [6.45, 7) is 1.75. The molecule has 2 N–H and O–H groups in total. The quantitative estimate of drug-likeness (QED) is 0.475. The summed E-state index contributed by atoms with van der Waals surface area (Å²) >= 11 is 0. The Bertz CT molecular complexity index is 1110. The van der Waals surface area contributed by atoms with Gasteiger partial charge in [0.05, 0.1) is 17.4 Å². The van der Waals surface area contributed by atoms with Crippen molar-refractivity contribution in [3.63, 3.8) is 0 Å². The van der Waals surface area contributed by atoms with Gasteiger partial charge in [0.1, 0.15) is 17.3 Å². The molecule has 0 atom stereocenters. The zero-order valence-corrected chi connectivity index (χ0v) is 15.6. The molecule has 0 spiro atoms.